The van der Waals surface area contributed by atoms with Gasteiger partial charge < -0.3 is 20.3 Å². The first-order valence-electron chi connectivity index (χ1n) is 7.54. The van der Waals surface area contributed by atoms with Crippen molar-refractivity contribution in [3.63, 3.8) is 0 Å². The van der Waals surface area contributed by atoms with Crippen LogP contribution < -0.4 is 5.73 Å². The summed E-state index contributed by atoms with van der Waals surface area (Å²) in [5.74, 6) is 0.0675. The molecule has 3 aliphatic heterocycles. The monoisotopic (exact) mass is 295 g/mol. The second-order valence-electron chi connectivity index (χ2n) is 6.23. The van der Waals surface area contributed by atoms with E-state index in [0.29, 0.717) is 25.9 Å². The number of nitrogens with zero attached hydrogens (tertiary/aromatic N) is 2. The van der Waals surface area contributed by atoms with Crippen LogP contribution in [0.5, 0.6) is 0 Å². The van der Waals surface area contributed by atoms with Gasteiger partial charge in [-0.05, 0) is 32.6 Å². The Morgan fingerprint density at radius 3 is 2.90 bits per heavy atom. The molecule has 0 unspecified atom stereocenters. The van der Waals surface area contributed by atoms with Gasteiger partial charge in [-0.15, -0.1) is 0 Å². The van der Waals surface area contributed by atoms with Crippen LogP contribution in [0.15, 0.2) is 0 Å². The molecule has 0 bridgehead atoms. The number of amides is 3. The van der Waals surface area contributed by atoms with Gasteiger partial charge in [-0.1, -0.05) is 0 Å². The zero-order chi connectivity index (χ0) is 15.2. The molecule has 3 fully saturated rings. The molecule has 0 aromatic carbocycles. The smallest absolute Gasteiger partial charge is 0.404 e. The third kappa shape index (κ3) is 2.06. The van der Waals surface area contributed by atoms with Gasteiger partial charge in [0, 0.05) is 19.5 Å². The minimum atomic E-state index is -0.850. The van der Waals surface area contributed by atoms with E-state index in [1.807, 2.05) is 0 Å². The summed E-state index contributed by atoms with van der Waals surface area (Å²) in [6, 6.07) is -0.281. The van der Waals surface area contributed by atoms with E-state index < -0.39 is 17.7 Å². The highest BCUT2D eigenvalue weighted by molar-refractivity contribution is 6.00. The van der Waals surface area contributed by atoms with E-state index in [4.69, 9.17) is 10.5 Å². The van der Waals surface area contributed by atoms with E-state index in [1.165, 1.54) is 0 Å². The number of rotatable bonds is 3. The van der Waals surface area contributed by atoms with E-state index >= 15 is 0 Å². The van der Waals surface area contributed by atoms with Gasteiger partial charge in [0.15, 0.2) is 0 Å². The number of carbonyl (C=O) groups excluding carboxylic acids is 3. The molecule has 7 heteroatoms. The first-order chi connectivity index (χ1) is 9.95. The van der Waals surface area contributed by atoms with E-state index in [1.54, 1.807) is 16.7 Å². The number of ether oxygens (including phenoxy) is 1. The summed E-state index contributed by atoms with van der Waals surface area (Å²) in [6.07, 6.45) is 2.05. The van der Waals surface area contributed by atoms with Crippen molar-refractivity contribution < 1.29 is 19.1 Å². The number of primary amides is 1. The Kier molecular flexibility index (Phi) is 3.30. The summed E-state index contributed by atoms with van der Waals surface area (Å²) in [5.41, 5.74) is 4.20. The number of piperazine rings is 1. The average molecular weight is 295 g/mol. The second-order valence-corrected chi connectivity index (χ2v) is 6.23. The predicted molar refractivity (Wildman–Crippen MR) is 73.2 cm³/mol. The molecule has 0 spiro atoms. The average Bonchev–Trinajstić information content (AvgIpc) is 3.02. The topological polar surface area (TPSA) is 92.9 Å². The molecule has 3 heterocycles. The molecule has 0 aromatic heterocycles. The molecule has 116 valence electrons. The van der Waals surface area contributed by atoms with E-state index in [-0.39, 0.29) is 17.9 Å². The lowest BCUT2D eigenvalue weighted by molar-refractivity contribution is -0.167. The molecule has 2 N–H and O–H groups in total. The van der Waals surface area contributed by atoms with Crippen molar-refractivity contribution in [3.05, 3.63) is 0 Å². The second kappa shape index (κ2) is 4.89. The Morgan fingerprint density at radius 2 is 2.19 bits per heavy atom. The Hall–Kier alpha value is -1.79. The Labute approximate surface area is 123 Å². The minimum absolute atomic E-state index is 0.0158. The van der Waals surface area contributed by atoms with Gasteiger partial charge in [-0.2, -0.15) is 0 Å². The Balaban J connectivity index is 1.88. The van der Waals surface area contributed by atoms with Crippen molar-refractivity contribution in [2.75, 3.05) is 13.1 Å². The first kappa shape index (κ1) is 14.2. The molecule has 3 atom stereocenters. The number of carbonyl (C=O) groups is 3. The van der Waals surface area contributed by atoms with Gasteiger partial charge in [0.05, 0.1) is 0 Å². The number of fused-ring (bicyclic) bond motifs is 2. The molecule has 0 saturated carbocycles. The molecule has 3 rings (SSSR count). The number of hydrogen-bond donors (Lipinski definition) is 1. The fourth-order valence-corrected chi connectivity index (χ4v) is 4.15. The molecular formula is C14H21N3O4. The molecule has 3 saturated heterocycles. The zero-order valence-electron chi connectivity index (χ0n) is 12.2. The van der Waals surface area contributed by atoms with Crippen LogP contribution in [0.25, 0.3) is 0 Å². The summed E-state index contributed by atoms with van der Waals surface area (Å²) < 4.78 is 4.98. The van der Waals surface area contributed by atoms with Gasteiger partial charge in [0.1, 0.15) is 17.7 Å². The van der Waals surface area contributed by atoms with Crippen LogP contribution in [0.4, 0.5) is 4.79 Å². The summed E-state index contributed by atoms with van der Waals surface area (Å²) in [6.45, 7) is 2.97. The summed E-state index contributed by atoms with van der Waals surface area (Å²) in [5, 5.41) is 0. The normalized spacial score (nSPS) is 32.9. The highest BCUT2D eigenvalue weighted by atomic mass is 16.6. The van der Waals surface area contributed by atoms with Gasteiger partial charge >= 0.3 is 6.09 Å². The van der Waals surface area contributed by atoms with Gasteiger partial charge in [-0.3, -0.25) is 9.59 Å². The van der Waals surface area contributed by atoms with Gasteiger partial charge in [-0.25, -0.2) is 4.79 Å². The lowest BCUT2D eigenvalue weighted by atomic mass is 9.85. The minimum Gasteiger partial charge on any atom is -0.447 e. The molecular weight excluding hydrogens is 274 g/mol. The third-order valence-electron chi connectivity index (χ3n) is 4.89. The summed E-state index contributed by atoms with van der Waals surface area (Å²) >= 11 is 0. The van der Waals surface area contributed by atoms with E-state index in [0.717, 1.165) is 19.3 Å². The maximum atomic E-state index is 12.9. The number of nitrogens with two attached hydrogens (primary N) is 1. The van der Waals surface area contributed by atoms with Crippen molar-refractivity contribution in [3.8, 4) is 0 Å². The first-order valence-corrected chi connectivity index (χ1v) is 7.54. The lowest BCUT2D eigenvalue weighted by Crippen LogP contribution is -2.68. The molecule has 0 aromatic rings. The molecule has 3 amide bonds. The largest absolute Gasteiger partial charge is 0.447 e. The summed E-state index contributed by atoms with van der Waals surface area (Å²) in [7, 11) is 0. The molecule has 3 aliphatic rings. The molecule has 0 radical (unpaired) electrons. The fraction of sp³-hybridized carbons (Fsp3) is 0.786. The Morgan fingerprint density at radius 1 is 1.43 bits per heavy atom. The highest BCUT2D eigenvalue weighted by Gasteiger charge is 2.59. The Bertz CT molecular complexity index is 495. The van der Waals surface area contributed by atoms with E-state index in [9.17, 15) is 14.4 Å². The van der Waals surface area contributed by atoms with Crippen LogP contribution >= 0.6 is 0 Å². The standard InChI is InChI=1S/C14H21N3O4/c1-9(21-13(15)20)8-14-5-3-7-17(14)11(18)10-4-2-6-16(10)12(14)19/h9-10H,2-8H2,1H3,(H2,15,20)/t9-,10+,14+/m1/s1. The molecule has 0 aliphatic carbocycles. The van der Waals surface area contributed by atoms with Crippen LogP contribution in [0.3, 0.4) is 0 Å². The summed E-state index contributed by atoms with van der Waals surface area (Å²) in [4.78, 5) is 39.9. The van der Waals surface area contributed by atoms with Gasteiger partial charge in [0.2, 0.25) is 11.8 Å². The third-order valence-corrected chi connectivity index (χ3v) is 4.89. The lowest BCUT2D eigenvalue weighted by Gasteiger charge is -2.47. The van der Waals surface area contributed by atoms with Crippen LogP contribution in [-0.4, -0.2) is 58.5 Å². The zero-order valence-corrected chi connectivity index (χ0v) is 12.2. The van der Waals surface area contributed by atoms with Crippen molar-refractivity contribution in [2.45, 2.75) is 56.7 Å². The van der Waals surface area contributed by atoms with Gasteiger partial charge in [0.25, 0.3) is 0 Å². The van der Waals surface area contributed by atoms with Crippen LogP contribution in [0.1, 0.15) is 39.0 Å². The highest BCUT2D eigenvalue weighted by Crippen LogP contribution is 2.42. The molecule has 21 heavy (non-hydrogen) atoms. The van der Waals surface area contributed by atoms with Crippen molar-refractivity contribution in [1.29, 1.82) is 0 Å². The van der Waals surface area contributed by atoms with Crippen LogP contribution in [-0.2, 0) is 14.3 Å². The van der Waals surface area contributed by atoms with E-state index in [2.05, 4.69) is 0 Å². The van der Waals surface area contributed by atoms with Crippen molar-refractivity contribution in [1.82, 2.24) is 9.80 Å². The maximum Gasteiger partial charge on any atom is 0.404 e. The fourth-order valence-electron chi connectivity index (χ4n) is 4.15. The number of hydrogen-bond acceptors (Lipinski definition) is 4. The maximum absolute atomic E-state index is 12.9. The van der Waals surface area contributed by atoms with Crippen molar-refractivity contribution in [2.24, 2.45) is 5.73 Å². The van der Waals surface area contributed by atoms with Crippen molar-refractivity contribution >= 4 is 17.9 Å². The molecule has 7 nitrogen and oxygen atoms in total. The van der Waals surface area contributed by atoms with Crippen LogP contribution in [0.2, 0.25) is 0 Å². The predicted octanol–water partition coefficient (Wildman–Crippen LogP) is 0.226. The SMILES string of the molecule is C[C@H](C[C@]12CCCN1C(=O)[C@@H]1CCCN1C2=O)OC(N)=O. The van der Waals surface area contributed by atoms with Crippen LogP contribution in [0, 0.1) is 0 Å². The quantitative estimate of drug-likeness (QED) is 0.806.